The summed E-state index contributed by atoms with van der Waals surface area (Å²) in [5.41, 5.74) is 8.54. The molecule has 4 aromatic rings. The Hall–Kier alpha value is -3.84. The summed E-state index contributed by atoms with van der Waals surface area (Å²) >= 11 is 0. The summed E-state index contributed by atoms with van der Waals surface area (Å²) in [4.78, 5) is 28.5. The molecule has 5 aliphatic rings. The number of ketones is 1. The molecule has 3 aromatic carbocycles. The predicted molar refractivity (Wildman–Crippen MR) is 154 cm³/mol. The summed E-state index contributed by atoms with van der Waals surface area (Å²) in [7, 11) is 0. The molecule has 40 heavy (non-hydrogen) atoms. The maximum atomic E-state index is 13.5. The highest BCUT2D eigenvalue weighted by Gasteiger charge is 2.38. The van der Waals surface area contributed by atoms with Crippen molar-refractivity contribution in [3.8, 4) is 0 Å². The van der Waals surface area contributed by atoms with Crippen molar-refractivity contribution in [3.63, 3.8) is 0 Å². The average molecular weight is 537 g/mol. The Labute approximate surface area is 235 Å². The number of amides is 1. The van der Waals surface area contributed by atoms with Crippen molar-refractivity contribution >= 4 is 22.7 Å². The van der Waals surface area contributed by atoms with Crippen LogP contribution in [-0.2, 0) is 35.6 Å². The monoisotopic (exact) mass is 536 g/mol. The Morgan fingerprint density at radius 2 is 1.82 bits per heavy atom. The number of carbonyl (C=O) groups excluding carboxylic acids is 2. The molecule has 1 aromatic heterocycles. The molecule has 0 N–H and O–H groups in total. The molecule has 1 unspecified atom stereocenters. The van der Waals surface area contributed by atoms with Crippen LogP contribution < -0.4 is 0 Å². The Bertz CT molecular complexity index is 1600. The molecule has 5 aliphatic heterocycles. The SMILES string of the molecule is CC(=O)C(C)(C)C1c2ccc3c(c2)CN(CC3)C(=O)c2ccc(cc2)COCCCn2nnc3c(C)c1ccc32. The molecule has 7 heteroatoms. The highest BCUT2D eigenvalue weighted by molar-refractivity contribution is 5.94. The lowest BCUT2D eigenvalue weighted by molar-refractivity contribution is -0.125. The van der Waals surface area contributed by atoms with E-state index in [1.54, 1.807) is 6.92 Å². The van der Waals surface area contributed by atoms with Crippen LogP contribution in [0.4, 0.5) is 0 Å². The van der Waals surface area contributed by atoms with Crippen LogP contribution in [0.2, 0.25) is 0 Å². The van der Waals surface area contributed by atoms with Gasteiger partial charge in [-0.05, 0) is 78.3 Å². The predicted octanol–water partition coefficient (Wildman–Crippen LogP) is 5.61. The second-order valence-electron chi connectivity index (χ2n) is 11.8. The van der Waals surface area contributed by atoms with Gasteiger partial charge in [0.1, 0.15) is 11.3 Å². The van der Waals surface area contributed by atoms with Crippen molar-refractivity contribution < 1.29 is 14.3 Å². The highest BCUT2D eigenvalue weighted by atomic mass is 16.5. The molecule has 7 nitrogen and oxygen atoms in total. The Morgan fingerprint density at radius 3 is 2.60 bits per heavy atom. The zero-order valence-corrected chi connectivity index (χ0v) is 23.7. The van der Waals surface area contributed by atoms with Gasteiger partial charge in [0.25, 0.3) is 5.91 Å². The Balaban J connectivity index is 1.49. The first-order valence-electron chi connectivity index (χ1n) is 14.2. The fraction of sp³-hybridized carbons (Fsp3) is 0.394. The maximum absolute atomic E-state index is 13.5. The van der Waals surface area contributed by atoms with Gasteiger partial charge < -0.3 is 9.64 Å². The lowest BCUT2D eigenvalue weighted by atomic mass is 9.67. The standard InChI is InChI=1S/C33H36N4O3/c1-21-28-12-13-29-31(21)34-35-37(29)15-5-17-40-20-23-6-8-25(9-7-23)32(39)36-16-14-24-10-11-26(18-27(24)19-36)30(28)33(3,4)22(2)38/h6-13,18,30H,5,14-17,19-20H2,1-4H3. The minimum atomic E-state index is -0.652. The number of nitrogens with zero attached hydrogens (tertiary/aromatic N) is 4. The summed E-state index contributed by atoms with van der Waals surface area (Å²) in [5, 5.41) is 9.03. The van der Waals surface area contributed by atoms with Gasteiger partial charge in [0.15, 0.2) is 0 Å². The summed E-state index contributed by atoms with van der Waals surface area (Å²) < 4.78 is 7.87. The van der Waals surface area contributed by atoms with E-state index in [0.717, 1.165) is 51.7 Å². The summed E-state index contributed by atoms with van der Waals surface area (Å²) in [5.74, 6) is -0.00572. The summed E-state index contributed by atoms with van der Waals surface area (Å²) in [6, 6.07) is 18.6. The van der Waals surface area contributed by atoms with Crippen molar-refractivity contribution in [2.45, 2.75) is 66.2 Å². The number of benzene rings is 3. The quantitative estimate of drug-likeness (QED) is 0.333. The lowest BCUT2D eigenvalue weighted by Crippen LogP contribution is -2.36. The summed E-state index contributed by atoms with van der Waals surface area (Å²) in [6.07, 6.45) is 1.61. The van der Waals surface area contributed by atoms with Gasteiger partial charge in [-0.15, -0.1) is 5.10 Å². The van der Waals surface area contributed by atoms with Crippen LogP contribution in [0.3, 0.4) is 0 Å². The van der Waals surface area contributed by atoms with E-state index in [9.17, 15) is 9.59 Å². The lowest BCUT2D eigenvalue weighted by Gasteiger charge is -2.35. The second-order valence-corrected chi connectivity index (χ2v) is 11.8. The van der Waals surface area contributed by atoms with Crippen LogP contribution in [-0.4, -0.2) is 44.7 Å². The molecule has 0 fully saturated rings. The third-order valence-corrected chi connectivity index (χ3v) is 8.91. The van der Waals surface area contributed by atoms with E-state index in [0.29, 0.717) is 38.4 Å². The van der Waals surface area contributed by atoms with Gasteiger partial charge in [-0.3, -0.25) is 9.59 Å². The van der Waals surface area contributed by atoms with Crippen LogP contribution in [0.25, 0.3) is 11.0 Å². The van der Waals surface area contributed by atoms with Gasteiger partial charge in [-0.2, -0.15) is 0 Å². The van der Waals surface area contributed by atoms with Crippen molar-refractivity contribution in [2.75, 3.05) is 13.2 Å². The van der Waals surface area contributed by atoms with Crippen LogP contribution in [0.5, 0.6) is 0 Å². The molecule has 0 spiro atoms. The van der Waals surface area contributed by atoms with Crippen molar-refractivity contribution in [1.82, 2.24) is 19.9 Å². The first kappa shape index (κ1) is 26.4. The van der Waals surface area contributed by atoms with Gasteiger partial charge in [-0.25, -0.2) is 4.68 Å². The molecule has 9 rings (SSSR count). The largest absolute Gasteiger partial charge is 0.377 e. The number of aromatic nitrogens is 3. The number of aryl methyl sites for hydroxylation is 2. The van der Waals surface area contributed by atoms with Crippen LogP contribution in [0, 0.1) is 12.3 Å². The minimum Gasteiger partial charge on any atom is -0.377 e. The average Bonchev–Trinajstić information content (AvgIpc) is 3.37. The molecule has 1 atom stereocenters. The van der Waals surface area contributed by atoms with Crippen LogP contribution in [0.1, 0.15) is 76.8 Å². The minimum absolute atomic E-state index is 0.0405. The number of hydrogen-bond acceptors (Lipinski definition) is 5. The third kappa shape index (κ3) is 4.62. The first-order valence-corrected chi connectivity index (χ1v) is 14.2. The zero-order valence-electron chi connectivity index (χ0n) is 23.7. The zero-order chi connectivity index (χ0) is 28.0. The van der Waals surface area contributed by atoms with E-state index >= 15 is 0 Å². The molecule has 9 bridgehead atoms. The number of ether oxygens (including phenoxy) is 1. The molecule has 6 heterocycles. The molecule has 0 saturated heterocycles. The van der Waals surface area contributed by atoms with Gasteiger partial charge in [0, 0.05) is 43.1 Å². The molecular formula is C33H36N4O3. The smallest absolute Gasteiger partial charge is 0.254 e. The molecule has 0 radical (unpaired) electrons. The maximum Gasteiger partial charge on any atom is 0.254 e. The highest BCUT2D eigenvalue weighted by Crippen LogP contribution is 2.44. The van der Waals surface area contributed by atoms with Crippen molar-refractivity contribution in [1.29, 1.82) is 0 Å². The second kappa shape index (κ2) is 10.3. The van der Waals surface area contributed by atoms with Gasteiger partial charge >= 0.3 is 0 Å². The normalized spacial score (nSPS) is 18.1. The van der Waals surface area contributed by atoms with E-state index in [4.69, 9.17) is 4.74 Å². The van der Waals surface area contributed by atoms with Gasteiger partial charge in [0.2, 0.25) is 0 Å². The molecule has 0 saturated carbocycles. The van der Waals surface area contributed by atoms with Crippen LogP contribution in [0.15, 0.2) is 54.6 Å². The van der Waals surface area contributed by atoms with E-state index in [1.165, 1.54) is 5.56 Å². The molecule has 0 aliphatic carbocycles. The first-order chi connectivity index (χ1) is 19.2. The number of rotatable bonds is 2. The third-order valence-electron chi connectivity index (χ3n) is 8.91. The van der Waals surface area contributed by atoms with E-state index in [-0.39, 0.29) is 17.6 Å². The fourth-order valence-corrected chi connectivity index (χ4v) is 6.21. The van der Waals surface area contributed by atoms with Gasteiger partial charge in [0.05, 0.1) is 12.1 Å². The van der Waals surface area contributed by atoms with Crippen molar-refractivity contribution in [3.05, 3.63) is 93.5 Å². The van der Waals surface area contributed by atoms with E-state index in [1.807, 2.05) is 47.7 Å². The molecule has 206 valence electrons. The number of carbonyl (C=O) groups is 2. The topological polar surface area (TPSA) is 77.3 Å². The van der Waals surface area contributed by atoms with E-state index < -0.39 is 5.41 Å². The van der Waals surface area contributed by atoms with Crippen molar-refractivity contribution in [2.24, 2.45) is 5.41 Å². The van der Waals surface area contributed by atoms with Gasteiger partial charge in [-0.1, -0.05) is 55.5 Å². The van der Waals surface area contributed by atoms with Crippen LogP contribution >= 0.6 is 0 Å². The van der Waals surface area contributed by atoms with E-state index in [2.05, 4.69) is 47.6 Å². The fourth-order valence-electron chi connectivity index (χ4n) is 6.21. The summed E-state index contributed by atoms with van der Waals surface area (Å²) in [6.45, 7) is 10.9. The number of Topliss-reactive ketones (excluding diaryl/α,β-unsaturated/α-hetero) is 1. The molecular weight excluding hydrogens is 500 g/mol. The Kier molecular flexibility index (Phi) is 6.78. The molecule has 1 amide bonds. The number of hydrogen-bond donors (Lipinski definition) is 0. The Morgan fingerprint density at radius 1 is 1.02 bits per heavy atom.